The molecule has 124 valence electrons. The van der Waals surface area contributed by atoms with E-state index < -0.39 is 11.4 Å². The molecule has 1 aromatic carbocycles. The van der Waals surface area contributed by atoms with Crippen LogP contribution in [0.3, 0.4) is 0 Å². The number of hydrogen-bond acceptors (Lipinski definition) is 4. The summed E-state index contributed by atoms with van der Waals surface area (Å²) < 4.78 is 11.0. The molecule has 2 aliphatic heterocycles. The van der Waals surface area contributed by atoms with Gasteiger partial charge in [-0.2, -0.15) is 0 Å². The number of nitrogens with one attached hydrogen (secondary N) is 1. The minimum Gasteiger partial charge on any atom is -0.486 e. The van der Waals surface area contributed by atoms with Crippen LogP contribution < -0.4 is 14.8 Å². The van der Waals surface area contributed by atoms with Crippen molar-refractivity contribution in [3.63, 3.8) is 0 Å². The highest BCUT2D eigenvalue weighted by molar-refractivity contribution is 5.79. The SMILES string of the molecule is CC1(C(=O)O)CCN(C(=O)NCc2ccc3c(c2)OCCO3)C1. The fourth-order valence-electron chi connectivity index (χ4n) is 2.80. The fraction of sp³-hybridized carbons (Fsp3) is 0.500. The molecular formula is C16H20N2O5. The molecule has 2 amide bonds. The van der Waals surface area contributed by atoms with E-state index in [2.05, 4.69) is 5.32 Å². The number of rotatable bonds is 3. The number of carbonyl (C=O) groups is 2. The maximum atomic E-state index is 12.2. The molecule has 0 aliphatic carbocycles. The lowest BCUT2D eigenvalue weighted by atomic mass is 9.90. The van der Waals surface area contributed by atoms with E-state index in [0.717, 1.165) is 5.56 Å². The predicted molar refractivity (Wildman–Crippen MR) is 81.6 cm³/mol. The quantitative estimate of drug-likeness (QED) is 0.880. The first-order valence-corrected chi connectivity index (χ1v) is 7.63. The molecule has 2 heterocycles. The summed E-state index contributed by atoms with van der Waals surface area (Å²) in [6.07, 6.45) is 0.472. The normalized spacial score (nSPS) is 22.7. The van der Waals surface area contributed by atoms with Crippen LogP contribution in [0.5, 0.6) is 11.5 Å². The number of urea groups is 1. The smallest absolute Gasteiger partial charge is 0.317 e. The van der Waals surface area contributed by atoms with Gasteiger partial charge in [-0.3, -0.25) is 4.79 Å². The van der Waals surface area contributed by atoms with Gasteiger partial charge in [-0.25, -0.2) is 4.79 Å². The molecule has 0 radical (unpaired) electrons. The maximum Gasteiger partial charge on any atom is 0.317 e. The van der Waals surface area contributed by atoms with Gasteiger partial charge >= 0.3 is 12.0 Å². The lowest BCUT2D eigenvalue weighted by molar-refractivity contribution is -0.147. The monoisotopic (exact) mass is 320 g/mol. The Balaban J connectivity index is 1.56. The number of likely N-dealkylation sites (tertiary alicyclic amines) is 1. The predicted octanol–water partition coefficient (Wildman–Crippen LogP) is 1.46. The van der Waals surface area contributed by atoms with Crippen molar-refractivity contribution >= 4 is 12.0 Å². The molecule has 1 atom stereocenters. The molecule has 0 bridgehead atoms. The minimum absolute atomic E-state index is 0.231. The highest BCUT2D eigenvalue weighted by Crippen LogP contribution is 2.31. The minimum atomic E-state index is -0.861. The molecule has 7 nitrogen and oxygen atoms in total. The van der Waals surface area contributed by atoms with Gasteiger partial charge in [0.05, 0.1) is 5.41 Å². The molecule has 7 heteroatoms. The van der Waals surface area contributed by atoms with Crippen LogP contribution in [0.15, 0.2) is 18.2 Å². The molecule has 0 spiro atoms. The van der Waals surface area contributed by atoms with Crippen LogP contribution in [-0.2, 0) is 11.3 Å². The Bertz CT molecular complexity index is 633. The third-order valence-electron chi connectivity index (χ3n) is 4.33. The summed E-state index contributed by atoms with van der Waals surface area (Å²) in [6.45, 7) is 3.77. The molecular weight excluding hydrogens is 300 g/mol. The number of benzene rings is 1. The second kappa shape index (κ2) is 5.98. The molecule has 1 saturated heterocycles. The van der Waals surface area contributed by atoms with Crippen LogP contribution in [0.2, 0.25) is 0 Å². The summed E-state index contributed by atoms with van der Waals surface area (Å²) in [5.74, 6) is 0.533. The zero-order chi connectivity index (χ0) is 16.4. The van der Waals surface area contributed by atoms with Crippen LogP contribution in [-0.4, -0.2) is 48.3 Å². The van der Waals surface area contributed by atoms with Gasteiger partial charge in [0.1, 0.15) is 13.2 Å². The van der Waals surface area contributed by atoms with Crippen LogP contribution >= 0.6 is 0 Å². The summed E-state index contributed by atoms with van der Waals surface area (Å²) in [7, 11) is 0. The number of ether oxygens (including phenoxy) is 2. The van der Waals surface area contributed by atoms with Crippen LogP contribution in [0.1, 0.15) is 18.9 Å². The van der Waals surface area contributed by atoms with Gasteiger partial charge in [-0.15, -0.1) is 0 Å². The van der Waals surface area contributed by atoms with Gasteiger partial charge < -0.3 is 24.8 Å². The summed E-state index contributed by atoms with van der Waals surface area (Å²) in [5, 5.41) is 12.0. The van der Waals surface area contributed by atoms with E-state index in [0.29, 0.717) is 44.2 Å². The van der Waals surface area contributed by atoms with Crippen molar-refractivity contribution in [2.24, 2.45) is 5.41 Å². The summed E-state index contributed by atoms with van der Waals surface area (Å²) in [5.41, 5.74) is 0.0525. The molecule has 3 rings (SSSR count). The molecule has 23 heavy (non-hydrogen) atoms. The fourth-order valence-corrected chi connectivity index (χ4v) is 2.80. The number of carbonyl (C=O) groups excluding carboxylic acids is 1. The number of carboxylic acids is 1. The van der Waals surface area contributed by atoms with E-state index in [1.165, 1.54) is 0 Å². The van der Waals surface area contributed by atoms with Crippen LogP contribution in [0, 0.1) is 5.41 Å². The Hall–Kier alpha value is -2.44. The Morgan fingerprint density at radius 3 is 2.74 bits per heavy atom. The van der Waals surface area contributed by atoms with Gasteiger partial charge in [0.15, 0.2) is 11.5 Å². The van der Waals surface area contributed by atoms with Gasteiger partial charge in [0, 0.05) is 19.6 Å². The third-order valence-corrected chi connectivity index (χ3v) is 4.33. The molecule has 2 aliphatic rings. The Kier molecular flexibility index (Phi) is 4.02. The molecule has 0 saturated carbocycles. The van der Waals surface area contributed by atoms with Crippen molar-refractivity contribution in [1.82, 2.24) is 10.2 Å². The largest absolute Gasteiger partial charge is 0.486 e. The van der Waals surface area contributed by atoms with Crippen molar-refractivity contribution in [2.45, 2.75) is 19.9 Å². The third kappa shape index (κ3) is 3.18. The Morgan fingerprint density at radius 1 is 1.30 bits per heavy atom. The molecule has 1 aromatic rings. The number of amides is 2. The van der Waals surface area contributed by atoms with Crippen molar-refractivity contribution in [3.05, 3.63) is 23.8 Å². The zero-order valence-corrected chi connectivity index (χ0v) is 13.0. The van der Waals surface area contributed by atoms with Crippen molar-refractivity contribution in [1.29, 1.82) is 0 Å². The number of hydrogen-bond donors (Lipinski definition) is 2. The zero-order valence-electron chi connectivity index (χ0n) is 13.0. The van der Waals surface area contributed by atoms with E-state index in [1.54, 1.807) is 11.8 Å². The average molecular weight is 320 g/mol. The first-order valence-electron chi connectivity index (χ1n) is 7.63. The molecule has 1 unspecified atom stereocenters. The standard InChI is InChI=1S/C16H20N2O5/c1-16(14(19)20)4-5-18(10-16)15(21)17-9-11-2-3-12-13(8-11)23-7-6-22-12/h2-3,8H,4-7,9-10H2,1H3,(H,17,21)(H,19,20). The van der Waals surface area contributed by atoms with Gasteiger partial charge in [-0.05, 0) is 31.0 Å². The Labute approximate surface area is 134 Å². The average Bonchev–Trinajstić information content (AvgIpc) is 2.96. The second-order valence-electron chi connectivity index (χ2n) is 6.17. The highest BCUT2D eigenvalue weighted by Gasteiger charge is 2.42. The van der Waals surface area contributed by atoms with E-state index in [4.69, 9.17) is 9.47 Å². The van der Waals surface area contributed by atoms with Gasteiger partial charge in [0.2, 0.25) is 0 Å². The van der Waals surface area contributed by atoms with E-state index >= 15 is 0 Å². The van der Waals surface area contributed by atoms with Crippen LogP contribution in [0.25, 0.3) is 0 Å². The summed E-state index contributed by atoms with van der Waals surface area (Å²) in [6, 6.07) is 5.30. The first-order chi connectivity index (χ1) is 11.0. The second-order valence-corrected chi connectivity index (χ2v) is 6.17. The van der Waals surface area contributed by atoms with E-state index in [9.17, 15) is 14.7 Å². The summed E-state index contributed by atoms with van der Waals surface area (Å²) >= 11 is 0. The van der Waals surface area contributed by atoms with Gasteiger partial charge in [0.25, 0.3) is 0 Å². The molecule has 0 aromatic heterocycles. The lowest BCUT2D eigenvalue weighted by Crippen LogP contribution is -2.40. The van der Waals surface area contributed by atoms with Crippen molar-refractivity contribution < 1.29 is 24.2 Å². The molecule has 2 N–H and O–H groups in total. The maximum absolute atomic E-state index is 12.2. The number of nitrogens with zero attached hydrogens (tertiary/aromatic N) is 1. The number of carboxylic acid groups (broad SMARTS) is 1. The van der Waals surface area contributed by atoms with E-state index in [-0.39, 0.29) is 12.6 Å². The number of aliphatic carboxylic acids is 1. The van der Waals surface area contributed by atoms with Gasteiger partial charge in [-0.1, -0.05) is 6.07 Å². The first kappa shape index (κ1) is 15.5. The van der Waals surface area contributed by atoms with Crippen molar-refractivity contribution in [2.75, 3.05) is 26.3 Å². The Morgan fingerprint density at radius 2 is 2.04 bits per heavy atom. The highest BCUT2D eigenvalue weighted by atomic mass is 16.6. The number of fused-ring (bicyclic) bond motifs is 1. The van der Waals surface area contributed by atoms with E-state index in [1.807, 2.05) is 18.2 Å². The topological polar surface area (TPSA) is 88.1 Å². The molecule has 1 fully saturated rings. The van der Waals surface area contributed by atoms with Crippen LogP contribution in [0.4, 0.5) is 4.79 Å². The lowest BCUT2D eigenvalue weighted by Gasteiger charge is -2.21. The van der Waals surface area contributed by atoms with Crippen molar-refractivity contribution in [3.8, 4) is 11.5 Å². The summed E-state index contributed by atoms with van der Waals surface area (Å²) in [4.78, 5) is 25.0.